The van der Waals surface area contributed by atoms with Gasteiger partial charge in [0.2, 0.25) is 0 Å². The van der Waals surface area contributed by atoms with Gasteiger partial charge in [-0.2, -0.15) is 0 Å². The van der Waals surface area contributed by atoms with E-state index in [2.05, 4.69) is 15.2 Å². The third-order valence-corrected chi connectivity index (χ3v) is 5.26. The summed E-state index contributed by atoms with van der Waals surface area (Å²) in [4.78, 5) is 12.4. The lowest BCUT2D eigenvalue weighted by Gasteiger charge is -2.12. The molecule has 1 amide bonds. The number of hydrogen-bond donors (Lipinski definition) is 2. The van der Waals surface area contributed by atoms with Crippen LogP contribution in [0.15, 0.2) is 56.5 Å². The first-order valence-corrected chi connectivity index (χ1v) is 9.22. The van der Waals surface area contributed by atoms with Gasteiger partial charge in [0.25, 0.3) is 15.9 Å². The van der Waals surface area contributed by atoms with Crippen molar-refractivity contribution in [1.29, 1.82) is 0 Å². The van der Waals surface area contributed by atoms with Crippen LogP contribution in [0.3, 0.4) is 0 Å². The molecule has 0 saturated heterocycles. The van der Waals surface area contributed by atoms with Crippen molar-refractivity contribution in [1.82, 2.24) is 10.5 Å². The second-order valence-corrected chi connectivity index (χ2v) is 7.19. The molecule has 3 aromatic rings. The molecule has 0 unspecified atom stereocenters. The molecule has 8 nitrogen and oxygen atoms in total. The first-order valence-electron chi connectivity index (χ1n) is 7.74. The van der Waals surface area contributed by atoms with E-state index in [1.54, 1.807) is 24.3 Å². The quantitative estimate of drug-likeness (QED) is 0.684. The minimum atomic E-state index is -3.95. The van der Waals surface area contributed by atoms with E-state index in [4.69, 9.17) is 8.94 Å². The normalized spacial score (nSPS) is 11.3. The lowest BCUT2D eigenvalue weighted by Crippen LogP contribution is -2.25. The fraction of sp³-hybridized carbons (Fsp3) is 0.176. The average molecular weight is 375 g/mol. The van der Waals surface area contributed by atoms with Crippen molar-refractivity contribution in [3.05, 3.63) is 65.4 Å². The lowest BCUT2D eigenvalue weighted by atomic mass is 10.1. The van der Waals surface area contributed by atoms with Gasteiger partial charge in [0, 0.05) is 0 Å². The van der Waals surface area contributed by atoms with Gasteiger partial charge in [0.05, 0.1) is 24.1 Å². The van der Waals surface area contributed by atoms with Crippen LogP contribution < -0.4 is 10.0 Å². The zero-order chi connectivity index (χ0) is 18.7. The van der Waals surface area contributed by atoms with Crippen LogP contribution in [0.25, 0.3) is 0 Å². The molecule has 0 aliphatic heterocycles. The van der Waals surface area contributed by atoms with E-state index in [1.807, 2.05) is 0 Å². The highest BCUT2D eigenvalue weighted by Crippen LogP contribution is 2.24. The first kappa shape index (κ1) is 17.7. The number of amides is 1. The van der Waals surface area contributed by atoms with Gasteiger partial charge in [-0.25, -0.2) is 8.42 Å². The molecule has 2 N–H and O–H groups in total. The zero-order valence-corrected chi connectivity index (χ0v) is 15.0. The number of aromatic nitrogens is 1. The van der Waals surface area contributed by atoms with Gasteiger partial charge < -0.3 is 14.3 Å². The number of nitrogens with one attached hydrogen (secondary N) is 2. The number of carbonyl (C=O) groups is 1. The maximum atomic E-state index is 12.7. The van der Waals surface area contributed by atoms with E-state index in [0.717, 1.165) is 0 Å². The second-order valence-electron chi connectivity index (χ2n) is 5.57. The zero-order valence-electron chi connectivity index (χ0n) is 14.1. The van der Waals surface area contributed by atoms with Gasteiger partial charge in [0.15, 0.2) is 10.7 Å². The van der Waals surface area contributed by atoms with E-state index in [9.17, 15) is 13.2 Å². The third kappa shape index (κ3) is 3.62. The fourth-order valence-corrected chi connectivity index (χ4v) is 3.91. The summed E-state index contributed by atoms with van der Waals surface area (Å²) in [7, 11) is -3.95. The molecular formula is C17H17N3O5S. The van der Waals surface area contributed by atoms with Crippen LogP contribution in [0.1, 0.15) is 27.6 Å². The first-order chi connectivity index (χ1) is 12.4. The second kappa shape index (κ2) is 7.04. The topological polar surface area (TPSA) is 114 Å². The monoisotopic (exact) mass is 375 g/mol. The maximum Gasteiger partial charge on any atom is 0.267 e. The number of anilines is 1. The van der Waals surface area contributed by atoms with Crippen molar-refractivity contribution >= 4 is 21.6 Å². The number of aryl methyl sites for hydroxylation is 2. The molecular weight excluding hydrogens is 358 g/mol. The Bertz CT molecular complexity index is 1000. The Hall–Kier alpha value is -3.07. The number of nitrogens with zero attached hydrogens (tertiary/aromatic N) is 1. The predicted molar refractivity (Wildman–Crippen MR) is 93.1 cm³/mol. The van der Waals surface area contributed by atoms with Crippen LogP contribution >= 0.6 is 0 Å². The molecule has 1 aromatic carbocycles. The molecule has 0 aliphatic carbocycles. The van der Waals surface area contributed by atoms with E-state index in [1.165, 1.54) is 32.2 Å². The Morgan fingerprint density at radius 3 is 2.58 bits per heavy atom. The molecule has 136 valence electrons. The summed E-state index contributed by atoms with van der Waals surface area (Å²) in [6.07, 6.45) is 1.51. The molecule has 0 atom stereocenters. The molecule has 0 aliphatic rings. The smallest absolute Gasteiger partial charge is 0.267 e. The van der Waals surface area contributed by atoms with Gasteiger partial charge in [-0.15, -0.1) is 0 Å². The molecule has 2 aromatic heterocycles. The van der Waals surface area contributed by atoms with Crippen molar-refractivity contribution in [2.45, 2.75) is 25.3 Å². The summed E-state index contributed by atoms with van der Waals surface area (Å²) < 4.78 is 37.8. The van der Waals surface area contributed by atoms with Gasteiger partial charge in [0.1, 0.15) is 11.5 Å². The highest BCUT2D eigenvalue weighted by atomic mass is 32.2. The maximum absolute atomic E-state index is 12.7. The molecule has 26 heavy (non-hydrogen) atoms. The fourth-order valence-electron chi connectivity index (χ4n) is 2.50. The summed E-state index contributed by atoms with van der Waals surface area (Å²) >= 11 is 0. The lowest BCUT2D eigenvalue weighted by molar-refractivity contribution is 0.0949. The molecule has 2 heterocycles. The average Bonchev–Trinajstić information content (AvgIpc) is 3.22. The molecule has 0 radical (unpaired) electrons. The van der Waals surface area contributed by atoms with Crippen molar-refractivity contribution in [2.75, 3.05) is 4.72 Å². The minimum absolute atomic E-state index is 0.0386. The SMILES string of the molecule is Cc1noc(C)c1S(=O)(=O)Nc1ccccc1C(=O)NCc1ccco1. The van der Waals surface area contributed by atoms with Gasteiger partial charge in [-0.05, 0) is 38.1 Å². The van der Waals surface area contributed by atoms with Crippen LogP contribution in [0.2, 0.25) is 0 Å². The van der Waals surface area contributed by atoms with E-state index < -0.39 is 15.9 Å². The molecule has 0 bridgehead atoms. The number of carbonyl (C=O) groups excluding carboxylic acids is 1. The third-order valence-electron chi connectivity index (χ3n) is 3.66. The largest absolute Gasteiger partial charge is 0.467 e. The van der Waals surface area contributed by atoms with E-state index >= 15 is 0 Å². The molecule has 0 saturated carbocycles. The Kier molecular flexibility index (Phi) is 4.81. The van der Waals surface area contributed by atoms with Crippen molar-refractivity contribution in [2.24, 2.45) is 0 Å². The Morgan fingerprint density at radius 1 is 1.15 bits per heavy atom. The number of rotatable bonds is 6. The standard InChI is InChI=1S/C17H17N3O5S/c1-11-16(12(2)25-19-11)26(22,23)20-15-8-4-3-7-14(15)17(21)18-10-13-6-5-9-24-13/h3-9,20H,10H2,1-2H3,(H,18,21). The van der Waals surface area contributed by atoms with E-state index in [-0.39, 0.29) is 34.1 Å². The summed E-state index contributed by atoms with van der Waals surface area (Å²) in [6, 6.07) is 9.77. The van der Waals surface area contributed by atoms with Crippen LogP contribution in [0.5, 0.6) is 0 Å². The summed E-state index contributed by atoms with van der Waals surface area (Å²) in [5, 5.41) is 6.34. The van der Waals surface area contributed by atoms with Gasteiger partial charge in [-0.3, -0.25) is 9.52 Å². The van der Waals surface area contributed by atoms with Gasteiger partial charge >= 0.3 is 0 Å². The number of furan rings is 1. The van der Waals surface area contributed by atoms with Crippen molar-refractivity contribution in [3.8, 4) is 0 Å². The van der Waals surface area contributed by atoms with Crippen LogP contribution in [-0.2, 0) is 16.6 Å². The Labute approximate surface area is 150 Å². The number of benzene rings is 1. The molecule has 9 heteroatoms. The van der Waals surface area contributed by atoms with Crippen molar-refractivity contribution in [3.63, 3.8) is 0 Å². The Balaban J connectivity index is 1.84. The van der Waals surface area contributed by atoms with Gasteiger partial charge in [-0.1, -0.05) is 17.3 Å². The highest BCUT2D eigenvalue weighted by Gasteiger charge is 2.25. The molecule has 0 fully saturated rings. The van der Waals surface area contributed by atoms with Crippen molar-refractivity contribution < 1.29 is 22.2 Å². The predicted octanol–water partition coefficient (Wildman–Crippen LogP) is 2.62. The Morgan fingerprint density at radius 2 is 1.92 bits per heavy atom. The summed E-state index contributed by atoms with van der Waals surface area (Å²) in [5.74, 6) is 0.334. The summed E-state index contributed by atoms with van der Waals surface area (Å²) in [6.45, 7) is 3.24. The van der Waals surface area contributed by atoms with Crippen LogP contribution in [0.4, 0.5) is 5.69 Å². The number of para-hydroxylation sites is 1. The van der Waals surface area contributed by atoms with E-state index in [0.29, 0.717) is 5.76 Å². The highest BCUT2D eigenvalue weighted by molar-refractivity contribution is 7.92. The minimum Gasteiger partial charge on any atom is -0.467 e. The van der Waals surface area contributed by atoms with Crippen LogP contribution in [0, 0.1) is 13.8 Å². The molecule has 3 rings (SSSR count). The van der Waals surface area contributed by atoms with Crippen LogP contribution in [-0.4, -0.2) is 19.5 Å². The summed E-state index contributed by atoms with van der Waals surface area (Å²) in [5.41, 5.74) is 0.591. The molecule has 0 spiro atoms. The number of sulfonamides is 1. The number of hydrogen-bond acceptors (Lipinski definition) is 6.